The molecule has 1 N–H and O–H groups in total. The fourth-order valence-corrected chi connectivity index (χ4v) is 3.83. The van der Waals surface area contributed by atoms with E-state index in [0.29, 0.717) is 17.7 Å². The zero-order valence-electron chi connectivity index (χ0n) is 14.5. The van der Waals surface area contributed by atoms with Crippen molar-refractivity contribution < 1.29 is 18.0 Å². The molecule has 3 aliphatic carbocycles. The number of rotatable bonds is 6. The molecule has 3 saturated carbocycles. The summed E-state index contributed by atoms with van der Waals surface area (Å²) in [6.45, 7) is 0. The molecule has 0 spiro atoms. The molecule has 25 heavy (non-hydrogen) atoms. The summed E-state index contributed by atoms with van der Waals surface area (Å²) < 4.78 is 41.1. The molecule has 0 unspecified atom stereocenters. The molecule has 0 atom stereocenters. The first-order chi connectivity index (χ1) is 11.8. The van der Waals surface area contributed by atoms with Crippen molar-refractivity contribution in [2.24, 2.45) is 18.4 Å². The van der Waals surface area contributed by atoms with E-state index in [-0.39, 0.29) is 12.8 Å². The highest BCUT2D eigenvalue weighted by molar-refractivity contribution is 5.91. The topological polar surface area (TPSA) is 46.9 Å². The van der Waals surface area contributed by atoms with Gasteiger partial charge in [-0.1, -0.05) is 6.42 Å². The van der Waals surface area contributed by atoms with Gasteiger partial charge in [-0.15, -0.1) is 0 Å². The smallest absolute Gasteiger partial charge is 0.309 e. The van der Waals surface area contributed by atoms with Crippen LogP contribution in [0.3, 0.4) is 0 Å². The van der Waals surface area contributed by atoms with Crippen molar-refractivity contribution >= 4 is 11.7 Å². The summed E-state index contributed by atoms with van der Waals surface area (Å²) in [4.78, 5) is 12.3. The van der Waals surface area contributed by atoms with E-state index in [0.717, 1.165) is 36.9 Å². The number of alkyl halides is 3. The van der Waals surface area contributed by atoms with E-state index in [2.05, 4.69) is 10.4 Å². The number of nitrogens with one attached hydrogen (secondary N) is 1. The average molecular weight is 355 g/mol. The van der Waals surface area contributed by atoms with Crippen LogP contribution >= 0.6 is 0 Å². The van der Waals surface area contributed by atoms with Gasteiger partial charge in [-0.05, 0) is 56.8 Å². The molecule has 138 valence electrons. The van der Waals surface area contributed by atoms with Crippen LogP contribution in [0, 0.1) is 11.3 Å². The van der Waals surface area contributed by atoms with Crippen LogP contribution in [0.5, 0.6) is 0 Å². The van der Waals surface area contributed by atoms with E-state index in [4.69, 9.17) is 0 Å². The molecular formula is C18H24F3N3O. The van der Waals surface area contributed by atoms with Crippen LogP contribution in [0.2, 0.25) is 0 Å². The standard InChI is InChI=1S/C18H24F3N3O/c1-24-13(9-11-5-6-11)15(12-3-2-4-12)16(23-24)22-14(25)10-17(7-8-17)18(19,20)21/h11-12H,2-10H2,1H3,(H,22,23,25). The van der Waals surface area contributed by atoms with Gasteiger partial charge in [0.1, 0.15) is 0 Å². The van der Waals surface area contributed by atoms with Crippen LogP contribution in [-0.4, -0.2) is 21.9 Å². The molecule has 0 bridgehead atoms. The largest absolute Gasteiger partial charge is 0.395 e. The Kier molecular flexibility index (Phi) is 3.88. The van der Waals surface area contributed by atoms with E-state index in [1.54, 1.807) is 0 Å². The van der Waals surface area contributed by atoms with Crippen molar-refractivity contribution in [3.05, 3.63) is 11.3 Å². The molecule has 3 aliphatic rings. The lowest BCUT2D eigenvalue weighted by Gasteiger charge is -2.27. The number of carbonyl (C=O) groups excluding carboxylic acids is 1. The van der Waals surface area contributed by atoms with Crippen LogP contribution in [-0.2, 0) is 18.3 Å². The van der Waals surface area contributed by atoms with Gasteiger partial charge in [0, 0.05) is 24.7 Å². The Hall–Kier alpha value is -1.53. The summed E-state index contributed by atoms with van der Waals surface area (Å²) in [5, 5.41) is 7.16. The maximum atomic E-state index is 13.1. The Morgan fingerprint density at radius 1 is 1.28 bits per heavy atom. The number of aryl methyl sites for hydroxylation is 1. The maximum Gasteiger partial charge on any atom is 0.395 e. The van der Waals surface area contributed by atoms with Gasteiger partial charge in [0.05, 0.1) is 5.41 Å². The normalized spacial score (nSPS) is 22.6. The lowest BCUT2D eigenvalue weighted by molar-refractivity contribution is -0.189. The molecule has 1 heterocycles. The highest BCUT2D eigenvalue weighted by Gasteiger charge is 2.63. The first-order valence-corrected chi connectivity index (χ1v) is 9.21. The van der Waals surface area contributed by atoms with Crippen molar-refractivity contribution in [1.82, 2.24) is 9.78 Å². The number of hydrogen-bond acceptors (Lipinski definition) is 2. The lowest BCUT2D eigenvalue weighted by Crippen LogP contribution is -2.30. The molecule has 0 aliphatic heterocycles. The lowest BCUT2D eigenvalue weighted by atomic mass is 9.79. The fourth-order valence-electron chi connectivity index (χ4n) is 3.83. The summed E-state index contributed by atoms with van der Waals surface area (Å²) in [7, 11) is 1.87. The van der Waals surface area contributed by atoms with Crippen molar-refractivity contribution in [2.45, 2.75) is 69.9 Å². The monoisotopic (exact) mass is 355 g/mol. The van der Waals surface area contributed by atoms with Gasteiger partial charge in [0.2, 0.25) is 5.91 Å². The van der Waals surface area contributed by atoms with Gasteiger partial charge in [0.15, 0.2) is 5.82 Å². The van der Waals surface area contributed by atoms with E-state index in [9.17, 15) is 18.0 Å². The Morgan fingerprint density at radius 3 is 2.44 bits per heavy atom. The Morgan fingerprint density at radius 2 is 1.96 bits per heavy atom. The van der Waals surface area contributed by atoms with Crippen molar-refractivity contribution in [1.29, 1.82) is 0 Å². The maximum absolute atomic E-state index is 13.1. The molecule has 1 amide bonds. The molecule has 3 fully saturated rings. The van der Waals surface area contributed by atoms with Gasteiger partial charge in [-0.25, -0.2) is 0 Å². The zero-order valence-corrected chi connectivity index (χ0v) is 14.5. The first-order valence-electron chi connectivity index (χ1n) is 9.21. The second-order valence-corrected chi connectivity index (χ2v) is 8.11. The molecule has 0 saturated heterocycles. The van der Waals surface area contributed by atoms with E-state index in [1.165, 1.54) is 12.8 Å². The Balaban J connectivity index is 1.52. The Labute approximate surface area is 145 Å². The minimum atomic E-state index is -4.30. The van der Waals surface area contributed by atoms with E-state index < -0.39 is 23.9 Å². The summed E-state index contributed by atoms with van der Waals surface area (Å²) in [6.07, 6.45) is 2.01. The molecular weight excluding hydrogens is 331 g/mol. The third-order valence-corrected chi connectivity index (χ3v) is 6.11. The van der Waals surface area contributed by atoms with E-state index >= 15 is 0 Å². The van der Waals surface area contributed by atoms with Gasteiger partial charge in [-0.2, -0.15) is 18.3 Å². The van der Waals surface area contributed by atoms with Crippen LogP contribution in [0.25, 0.3) is 0 Å². The summed E-state index contributed by atoms with van der Waals surface area (Å²) in [6, 6.07) is 0. The summed E-state index contributed by atoms with van der Waals surface area (Å²) >= 11 is 0. The molecule has 7 heteroatoms. The number of nitrogens with zero attached hydrogens (tertiary/aromatic N) is 2. The molecule has 0 aromatic carbocycles. The second kappa shape index (κ2) is 5.74. The van der Waals surface area contributed by atoms with Crippen molar-refractivity contribution in [2.75, 3.05) is 5.32 Å². The molecule has 4 rings (SSSR count). The van der Waals surface area contributed by atoms with Crippen LogP contribution in [0.15, 0.2) is 0 Å². The van der Waals surface area contributed by atoms with Crippen LogP contribution in [0.4, 0.5) is 19.0 Å². The highest BCUT2D eigenvalue weighted by Crippen LogP contribution is 2.60. The number of amides is 1. The average Bonchev–Trinajstić information content (AvgIpc) is 3.33. The quantitative estimate of drug-likeness (QED) is 0.826. The number of hydrogen-bond donors (Lipinski definition) is 1. The number of carbonyl (C=O) groups is 1. The second-order valence-electron chi connectivity index (χ2n) is 8.11. The predicted octanol–water partition coefficient (Wildman–Crippen LogP) is 4.31. The highest BCUT2D eigenvalue weighted by atomic mass is 19.4. The van der Waals surface area contributed by atoms with Crippen molar-refractivity contribution in [3.8, 4) is 0 Å². The minimum Gasteiger partial charge on any atom is -0.309 e. The number of anilines is 1. The van der Waals surface area contributed by atoms with Gasteiger partial charge in [0.25, 0.3) is 0 Å². The molecule has 1 aromatic heterocycles. The molecule has 1 aromatic rings. The zero-order chi connectivity index (χ0) is 17.8. The third-order valence-electron chi connectivity index (χ3n) is 6.11. The first kappa shape index (κ1) is 16.9. The van der Waals surface area contributed by atoms with Gasteiger partial charge >= 0.3 is 6.18 Å². The molecule has 0 radical (unpaired) electrons. The van der Waals surface area contributed by atoms with Gasteiger partial charge in [-0.3, -0.25) is 9.48 Å². The van der Waals surface area contributed by atoms with Gasteiger partial charge < -0.3 is 5.32 Å². The fraction of sp³-hybridized carbons (Fsp3) is 0.778. The third kappa shape index (κ3) is 3.17. The minimum absolute atomic E-state index is 0.0501. The van der Waals surface area contributed by atoms with E-state index in [1.807, 2.05) is 11.7 Å². The van der Waals surface area contributed by atoms with Crippen LogP contribution < -0.4 is 5.32 Å². The molecule has 4 nitrogen and oxygen atoms in total. The summed E-state index contributed by atoms with van der Waals surface area (Å²) in [5.41, 5.74) is 0.421. The Bertz CT molecular complexity index is 682. The number of aromatic nitrogens is 2. The van der Waals surface area contributed by atoms with Crippen LogP contribution in [0.1, 0.15) is 68.5 Å². The summed E-state index contributed by atoms with van der Waals surface area (Å²) in [5.74, 6) is 1.00. The SMILES string of the molecule is Cn1nc(NC(=O)CC2(C(F)(F)F)CC2)c(C2CCC2)c1CC1CC1. The number of halogens is 3. The predicted molar refractivity (Wildman–Crippen MR) is 87.2 cm³/mol. The van der Waals surface area contributed by atoms with Crippen molar-refractivity contribution in [3.63, 3.8) is 0 Å².